The fourth-order valence-electron chi connectivity index (χ4n) is 2.06. The molecule has 0 aliphatic carbocycles. The van der Waals surface area contributed by atoms with E-state index in [0.717, 1.165) is 19.4 Å². The Balaban J connectivity index is 2.19. The lowest BCUT2D eigenvalue weighted by molar-refractivity contribution is -0.0997. The molecule has 2 fully saturated rings. The van der Waals surface area contributed by atoms with Crippen LogP contribution in [-0.2, 0) is 4.84 Å². The molecule has 4 nitrogen and oxygen atoms in total. The number of hydrogen-bond acceptors (Lipinski definition) is 2. The maximum absolute atomic E-state index is 11.6. The Kier molecular flexibility index (Phi) is 1.72. The second-order valence-corrected chi connectivity index (χ2v) is 3.52. The van der Waals surface area contributed by atoms with Crippen molar-refractivity contribution in [2.24, 2.45) is 0 Å². The Hall–Kier alpha value is -0.770. The highest BCUT2D eigenvalue weighted by Gasteiger charge is 2.43. The molecule has 2 aliphatic heterocycles. The maximum Gasteiger partial charge on any atom is 0.344 e. The van der Waals surface area contributed by atoms with E-state index in [2.05, 4.69) is 6.92 Å². The first kappa shape index (κ1) is 7.86. The standard InChI is InChI=1S/C8H14N2O2/c1-6-3-4-7-5-9(6)8(11)10(7)12-2/h6-7H,3-5H2,1-2H3. The van der Waals surface area contributed by atoms with Crippen LogP contribution in [0.1, 0.15) is 19.8 Å². The summed E-state index contributed by atoms with van der Waals surface area (Å²) in [5.74, 6) is 0. The van der Waals surface area contributed by atoms with Gasteiger partial charge in [-0.15, -0.1) is 0 Å². The Morgan fingerprint density at radius 1 is 1.50 bits per heavy atom. The van der Waals surface area contributed by atoms with Crippen LogP contribution in [0.4, 0.5) is 4.79 Å². The van der Waals surface area contributed by atoms with Crippen LogP contribution < -0.4 is 0 Å². The minimum absolute atomic E-state index is 0.0347. The molecule has 0 saturated carbocycles. The zero-order valence-electron chi connectivity index (χ0n) is 7.49. The number of carbonyl (C=O) groups excluding carboxylic acids is 1. The molecular formula is C8H14N2O2. The van der Waals surface area contributed by atoms with E-state index in [9.17, 15) is 4.79 Å². The summed E-state index contributed by atoms with van der Waals surface area (Å²) < 4.78 is 0. The largest absolute Gasteiger partial charge is 0.344 e. The van der Waals surface area contributed by atoms with Crippen molar-refractivity contribution in [3.63, 3.8) is 0 Å². The number of carbonyl (C=O) groups is 1. The maximum atomic E-state index is 11.6. The number of urea groups is 1. The molecule has 2 unspecified atom stereocenters. The van der Waals surface area contributed by atoms with Gasteiger partial charge in [0.15, 0.2) is 0 Å². The van der Waals surface area contributed by atoms with Crippen molar-refractivity contribution in [3.05, 3.63) is 0 Å². The molecule has 0 spiro atoms. The van der Waals surface area contributed by atoms with Crippen LogP contribution in [0, 0.1) is 0 Å². The third kappa shape index (κ3) is 0.909. The van der Waals surface area contributed by atoms with Gasteiger partial charge in [-0.05, 0) is 19.8 Å². The smallest absolute Gasteiger partial charge is 0.318 e. The van der Waals surface area contributed by atoms with Crippen LogP contribution in [0.2, 0.25) is 0 Å². The average Bonchev–Trinajstić information content (AvgIpc) is 2.33. The predicted molar refractivity (Wildman–Crippen MR) is 43.4 cm³/mol. The van der Waals surface area contributed by atoms with Crippen LogP contribution in [0.3, 0.4) is 0 Å². The molecule has 0 aromatic heterocycles. The number of rotatable bonds is 1. The van der Waals surface area contributed by atoms with E-state index in [1.54, 1.807) is 7.11 Å². The molecule has 2 saturated heterocycles. The fraction of sp³-hybridized carbons (Fsp3) is 0.875. The van der Waals surface area contributed by atoms with Crippen molar-refractivity contribution in [3.8, 4) is 0 Å². The third-order valence-corrected chi connectivity index (χ3v) is 2.82. The van der Waals surface area contributed by atoms with Crippen LogP contribution in [0.15, 0.2) is 0 Å². The highest BCUT2D eigenvalue weighted by atomic mass is 16.7. The Morgan fingerprint density at radius 3 is 2.83 bits per heavy atom. The van der Waals surface area contributed by atoms with Gasteiger partial charge in [0.2, 0.25) is 0 Å². The van der Waals surface area contributed by atoms with Crippen LogP contribution >= 0.6 is 0 Å². The molecule has 4 heteroatoms. The van der Waals surface area contributed by atoms with Gasteiger partial charge in [-0.1, -0.05) is 0 Å². The summed E-state index contributed by atoms with van der Waals surface area (Å²) in [5.41, 5.74) is 0. The van der Waals surface area contributed by atoms with E-state index < -0.39 is 0 Å². The van der Waals surface area contributed by atoms with Gasteiger partial charge < -0.3 is 4.90 Å². The minimum atomic E-state index is 0.0347. The second kappa shape index (κ2) is 2.62. The summed E-state index contributed by atoms with van der Waals surface area (Å²) >= 11 is 0. The number of hydroxylamine groups is 2. The molecular weight excluding hydrogens is 156 g/mol. The summed E-state index contributed by atoms with van der Waals surface area (Å²) in [6.07, 6.45) is 2.16. The van der Waals surface area contributed by atoms with Crippen LogP contribution in [0.5, 0.6) is 0 Å². The summed E-state index contributed by atoms with van der Waals surface area (Å²) in [7, 11) is 1.56. The lowest BCUT2D eigenvalue weighted by atomic mass is 10.0. The summed E-state index contributed by atoms with van der Waals surface area (Å²) in [4.78, 5) is 18.5. The van der Waals surface area contributed by atoms with Crippen molar-refractivity contribution in [1.29, 1.82) is 0 Å². The molecule has 2 atom stereocenters. The predicted octanol–water partition coefficient (Wildman–Crippen LogP) is 0.836. The van der Waals surface area contributed by atoms with Crippen molar-refractivity contribution in [2.45, 2.75) is 31.8 Å². The molecule has 0 N–H and O–H groups in total. The quantitative estimate of drug-likeness (QED) is 0.584. The zero-order valence-corrected chi connectivity index (χ0v) is 7.49. The van der Waals surface area contributed by atoms with Gasteiger partial charge in [0.25, 0.3) is 0 Å². The van der Waals surface area contributed by atoms with E-state index in [4.69, 9.17) is 4.84 Å². The van der Waals surface area contributed by atoms with Gasteiger partial charge >= 0.3 is 6.03 Å². The van der Waals surface area contributed by atoms with E-state index in [1.165, 1.54) is 5.06 Å². The third-order valence-electron chi connectivity index (χ3n) is 2.82. The highest BCUT2D eigenvalue weighted by molar-refractivity contribution is 5.76. The second-order valence-electron chi connectivity index (χ2n) is 3.52. The summed E-state index contributed by atoms with van der Waals surface area (Å²) in [5, 5.41) is 1.50. The van der Waals surface area contributed by atoms with E-state index in [-0.39, 0.29) is 6.03 Å². The molecule has 2 aliphatic rings. The van der Waals surface area contributed by atoms with Gasteiger partial charge in [0, 0.05) is 12.6 Å². The molecule has 2 heterocycles. The Bertz CT molecular complexity index is 203. The van der Waals surface area contributed by atoms with Crippen molar-refractivity contribution in [1.82, 2.24) is 9.96 Å². The van der Waals surface area contributed by atoms with E-state index >= 15 is 0 Å². The topological polar surface area (TPSA) is 32.8 Å². The summed E-state index contributed by atoms with van der Waals surface area (Å²) in [6, 6.07) is 0.708. The normalized spacial score (nSPS) is 34.7. The van der Waals surface area contributed by atoms with E-state index in [0.29, 0.717) is 12.1 Å². The SMILES string of the molecule is CON1C(=O)N2CC1CCC2C. The zero-order chi connectivity index (χ0) is 8.72. The first-order valence-corrected chi connectivity index (χ1v) is 4.38. The van der Waals surface area contributed by atoms with Gasteiger partial charge in [-0.25, -0.2) is 4.79 Å². The van der Waals surface area contributed by atoms with E-state index in [1.807, 2.05) is 4.90 Å². The number of nitrogens with zero attached hydrogens (tertiary/aromatic N) is 2. The van der Waals surface area contributed by atoms with Gasteiger partial charge in [0.05, 0.1) is 13.2 Å². The molecule has 2 rings (SSSR count). The number of hydrogen-bond donors (Lipinski definition) is 0. The lowest BCUT2D eigenvalue weighted by Crippen LogP contribution is -2.37. The van der Waals surface area contributed by atoms with Crippen molar-refractivity contribution < 1.29 is 9.63 Å². The Morgan fingerprint density at radius 2 is 2.25 bits per heavy atom. The van der Waals surface area contributed by atoms with Crippen LogP contribution in [-0.4, -0.2) is 41.7 Å². The fourth-order valence-corrected chi connectivity index (χ4v) is 2.06. The van der Waals surface area contributed by atoms with Crippen molar-refractivity contribution in [2.75, 3.05) is 13.7 Å². The number of fused-ring (bicyclic) bond motifs is 2. The number of amides is 2. The highest BCUT2D eigenvalue weighted by Crippen LogP contribution is 2.28. The average molecular weight is 170 g/mol. The lowest BCUT2D eigenvalue weighted by Gasteiger charge is -2.26. The molecule has 0 aromatic rings. The molecule has 2 amide bonds. The molecule has 0 radical (unpaired) electrons. The first-order valence-electron chi connectivity index (χ1n) is 4.38. The van der Waals surface area contributed by atoms with Crippen molar-refractivity contribution >= 4 is 6.03 Å². The van der Waals surface area contributed by atoms with Gasteiger partial charge in [-0.2, -0.15) is 5.06 Å². The summed E-state index contributed by atoms with van der Waals surface area (Å²) in [6.45, 7) is 2.93. The minimum Gasteiger partial charge on any atom is -0.318 e. The molecule has 0 aromatic carbocycles. The van der Waals surface area contributed by atoms with Gasteiger partial charge in [-0.3, -0.25) is 4.84 Å². The monoisotopic (exact) mass is 170 g/mol. The molecule has 2 bridgehead atoms. The van der Waals surface area contributed by atoms with Crippen LogP contribution in [0.25, 0.3) is 0 Å². The number of piperidine rings is 1. The first-order chi connectivity index (χ1) is 5.74. The molecule has 68 valence electrons. The Labute approximate surface area is 72.0 Å². The molecule has 12 heavy (non-hydrogen) atoms. The van der Waals surface area contributed by atoms with Gasteiger partial charge in [0.1, 0.15) is 0 Å².